The summed E-state index contributed by atoms with van der Waals surface area (Å²) < 4.78 is 48.3. The molecule has 2 heterocycles. The first kappa shape index (κ1) is 23.4. The van der Waals surface area contributed by atoms with E-state index in [-0.39, 0.29) is 21.8 Å². The number of pyridine rings is 1. The highest BCUT2D eigenvalue weighted by atomic mass is 32.2. The summed E-state index contributed by atoms with van der Waals surface area (Å²) in [5, 5.41) is 4.58. The van der Waals surface area contributed by atoms with E-state index in [1.807, 2.05) is 20.8 Å². The minimum absolute atomic E-state index is 0.0918. The van der Waals surface area contributed by atoms with Gasteiger partial charge in [-0.2, -0.15) is 5.10 Å². The maximum atomic E-state index is 13.4. The van der Waals surface area contributed by atoms with Crippen molar-refractivity contribution in [3.63, 3.8) is 0 Å². The molecule has 0 aliphatic carbocycles. The fraction of sp³-hybridized carbons (Fsp3) is 0.208. The zero-order valence-electron chi connectivity index (χ0n) is 19.0. The number of carbonyl (C=O) groups excluding carboxylic acids is 1. The molecule has 0 bridgehead atoms. The molecule has 4 rings (SSSR count). The summed E-state index contributed by atoms with van der Waals surface area (Å²) in [6, 6.07) is 12.9. The molecular formula is C24H23FN4O4S. The van der Waals surface area contributed by atoms with Gasteiger partial charge < -0.3 is 4.74 Å². The summed E-state index contributed by atoms with van der Waals surface area (Å²) in [5.41, 5.74) is 1.36. The van der Waals surface area contributed by atoms with Crippen molar-refractivity contribution < 1.29 is 22.3 Å². The molecule has 0 aliphatic rings. The average molecular weight is 483 g/mol. The van der Waals surface area contributed by atoms with Gasteiger partial charge in [-0.05, 0) is 47.4 Å². The Morgan fingerprint density at radius 2 is 1.88 bits per heavy atom. The van der Waals surface area contributed by atoms with E-state index in [2.05, 4.69) is 14.8 Å². The topological polar surface area (TPSA) is 103 Å². The lowest BCUT2D eigenvalue weighted by atomic mass is 9.87. The molecule has 0 radical (unpaired) electrons. The van der Waals surface area contributed by atoms with Crippen LogP contribution < -0.4 is 9.46 Å². The second kappa shape index (κ2) is 8.53. The Morgan fingerprint density at radius 1 is 1.12 bits per heavy atom. The molecule has 10 heteroatoms. The minimum Gasteiger partial charge on any atom is -0.495 e. The maximum absolute atomic E-state index is 13.4. The third-order valence-electron chi connectivity index (χ3n) is 5.29. The number of nitrogens with zero attached hydrogens (tertiary/aromatic N) is 3. The molecule has 0 saturated carbocycles. The lowest BCUT2D eigenvalue weighted by Crippen LogP contribution is -2.31. The fourth-order valence-corrected chi connectivity index (χ4v) is 4.64. The molecule has 1 N–H and O–H groups in total. The van der Waals surface area contributed by atoms with Crippen LogP contribution in [0, 0.1) is 5.82 Å². The van der Waals surface area contributed by atoms with Gasteiger partial charge in [-0.3, -0.25) is 4.79 Å². The summed E-state index contributed by atoms with van der Waals surface area (Å²) in [5.74, 6) is -1.26. The highest BCUT2D eigenvalue weighted by Crippen LogP contribution is 2.31. The Morgan fingerprint density at radius 3 is 2.53 bits per heavy atom. The molecule has 8 nitrogen and oxygen atoms in total. The molecule has 0 unspecified atom stereocenters. The first-order chi connectivity index (χ1) is 16.0. The largest absolute Gasteiger partial charge is 0.495 e. The van der Waals surface area contributed by atoms with Gasteiger partial charge in [-0.1, -0.05) is 32.9 Å². The molecule has 0 saturated heterocycles. The van der Waals surface area contributed by atoms with Gasteiger partial charge in [0, 0.05) is 5.39 Å². The number of rotatable bonds is 5. The molecule has 34 heavy (non-hydrogen) atoms. The van der Waals surface area contributed by atoms with Crippen molar-refractivity contribution in [1.29, 1.82) is 0 Å². The van der Waals surface area contributed by atoms with Crippen LogP contribution in [-0.2, 0) is 15.4 Å². The molecule has 1 amide bonds. The summed E-state index contributed by atoms with van der Waals surface area (Å²) in [6.45, 7) is 5.86. The number of ether oxygens (including phenoxy) is 1. The fourth-order valence-electron chi connectivity index (χ4n) is 3.48. The van der Waals surface area contributed by atoms with E-state index in [4.69, 9.17) is 4.74 Å². The SMILES string of the molecule is COc1ccc(C(C)(C)C)cc1S(=O)(=O)NC(=O)c1ccc2c(-n3cc(F)cn3)cccc2n1. The number of nitrogens with one attached hydrogen (secondary N) is 1. The standard InChI is InChI=1S/C24H23FN4O4S/c1-24(2,3)15-8-11-21(33-4)22(12-15)34(31,32)28-23(30)19-10-9-17-18(27-19)6-5-7-20(17)29-14-16(25)13-26-29/h5-14H,1-4H3,(H,28,30). The molecular weight excluding hydrogens is 459 g/mol. The zero-order valence-corrected chi connectivity index (χ0v) is 19.9. The van der Waals surface area contributed by atoms with Crippen molar-refractivity contribution in [3.8, 4) is 11.4 Å². The van der Waals surface area contributed by atoms with Crippen molar-refractivity contribution >= 4 is 26.8 Å². The molecule has 2 aromatic carbocycles. The quantitative estimate of drug-likeness (QED) is 0.462. The van der Waals surface area contributed by atoms with Crippen LogP contribution in [0.4, 0.5) is 4.39 Å². The van der Waals surface area contributed by atoms with E-state index in [0.29, 0.717) is 16.6 Å². The molecule has 176 valence electrons. The van der Waals surface area contributed by atoms with Gasteiger partial charge >= 0.3 is 0 Å². The average Bonchev–Trinajstić information content (AvgIpc) is 3.23. The van der Waals surface area contributed by atoms with E-state index >= 15 is 0 Å². The van der Waals surface area contributed by atoms with Gasteiger partial charge in [-0.25, -0.2) is 27.2 Å². The van der Waals surface area contributed by atoms with Crippen LogP contribution >= 0.6 is 0 Å². The van der Waals surface area contributed by atoms with Crippen molar-refractivity contribution in [2.75, 3.05) is 7.11 Å². The first-order valence-corrected chi connectivity index (χ1v) is 11.8. The predicted molar refractivity (Wildman–Crippen MR) is 125 cm³/mol. The Balaban J connectivity index is 1.68. The number of amides is 1. The molecule has 2 aromatic heterocycles. The van der Waals surface area contributed by atoms with Crippen LogP contribution in [0.2, 0.25) is 0 Å². The molecule has 0 spiro atoms. The smallest absolute Gasteiger partial charge is 0.283 e. The van der Waals surface area contributed by atoms with Crippen LogP contribution in [0.15, 0.2) is 65.8 Å². The number of fused-ring (bicyclic) bond motifs is 1. The van der Waals surface area contributed by atoms with Crippen LogP contribution in [-0.4, -0.2) is 36.2 Å². The Bertz CT molecular complexity index is 1510. The first-order valence-electron chi connectivity index (χ1n) is 10.4. The normalized spacial score (nSPS) is 12.0. The van der Waals surface area contributed by atoms with Gasteiger partial charge in [0.15, 0.2) is 5.82 Å². The monoisotopic (exact) mass is 482 g/mol. The Labute approximate surface area is 196 Å². The van der Waals surface area contributed by atoms with Gasteiger partial charge in [0.25, 0.3) is 15.9 Å². The van der Waals surface area contributed by atoms with Gasteiger partial charge in [-0.15, -0.1) is 0 Å². The highest BCUT2D eigenvalue weighted by molar-refractivity contribution is 7.90. The molecule has 0 fully saturated rings. The van der Waals surface area contributed by atoms with Crippen LogP contribution in [0.1, 0.15) is 36.8 Å². The zero-order chi connectivity index (χ0) is 24.7. The van der Waals surface area contributed by atoms with Crippen molar-refractivity contribution in [2.45, 2.75) is 31.1 Å². The number of hydrogen-bond acceptors (Lipinski definition) is 6. The van der Waals surface area contributed by atoms with Crippen LogP contribution in [0.25, 0.3) is 16.6 Å². The van der Waals surface area contributed by atoms with E-state index < -0.39 is 21.7 Å². The summed E-state index contributed by atoms with van der Waals surface area (Å²) in [6.07, 6.45) is 2.31. The number of sulfonamides is 1. The van der Waals surface area contributed by atoms with E-state index in [0.717, 1.165) is 11.8 Å². The highest BCUT2D eigenvalue weighted by Gasteiger charge is 2.26. The summed E-state index contributed by atoms with van der Waals surface area (Å²) in [4.78, 5) is 17.0. The third-order valence-corrected chi connectivity index (χ3v) is 6.64. The van der Waals surface area contributed by atoms with Crippen LogP contribution in [0.3, 0.4) is 0 Å². The predicted octanol–water partition coefficient (Wildman–Crippen LogP) is 3.98. The van der Waals surface area contributed by atoms with E-state index in [9.17, 15) is 17.6 Å². The number of benzene rings is 2. The number of aromatic nitrogens is 3. The number of halogens is 1. The number of methoxy groups -OCH3 is 1. The second-order valence-electron chi connectivity index (χ2n) is 8.69. The number of hydrogen-bond donors (Lipinski definition) is 1. The van der Waals surface area contributed by atoms with Crippen molar-refractivity contribution in [2.24, 2.45) is 0 Å². The molecule has 0 atom stereocenters. The van der Waals surface area contributed by atoms with Crippen molar-refractivity contribution in [3.05, 3.63) is 78.0 Å². The number of carbonyl (C=O) groups is 1. The van der Waals surface area contributed by atoms with Gasteiger partial charge in [0.05, 0.1) is 30.7 Å². The van der Waals surface area contributed by atoms with E-state index in [1.54, 1.807) is 36.4 Å². The van der Waals surface area contributed by atoms with Gasteiger partial charge in [0.1, 0.15) is 16.3 Å². The van der Waals surface area contributed by atoms with Crippen molar-refractivity contribution in [1.82, 2.24) is 19.5 Å². The maximum Gasteiger partial charge on any atom is 0.283 e. The molecule has 0 aliphatic heterocycles. The Kier molecular flexibility index (Phi) is 5.86. The minimum atomic E-state index is -4.26. The molecule has 4 aromatic rings. The third kappa shape index (κ3) is 4.49. The summed E-state index contributed by atoms with van der Waals surface area (Å²) >= 11 is 0. The second-order valence-corrected chi connectivity index (χ2v) is 10.3. The van der Waals surface area contributed by atoms with E-state index in [1.165, 1.54) is 30.1 Å². The Hall–Kier alpha value is -3.79. The lowest BCUT2D eigenvalue weighted by molar-refractivity contribution is 0.0977. The van der Waals surface area contributed by atoms with Crippen LogP contribution in [0.5, 0.6) is 5.75 Å². The summed E-state index contributed by atoms with van der Waals surface area (Å²) in [7, 11) is -2.89. The lowest BCUT2D eigenvalue weighted by Gasteiger charge is -2.21. The van der Waals surface area contributed by atoms with Gasteiger partial charge in [0.2, 0.25) is 0 Å².